The highest BCUT2D eigenvalue weighted by Crippen LogP contribution is 2.28. The molecule has 2 N–H and O–H groups in total. The van der Waals surface area contributed by atoms with Gasteiger partial charge in [-0.15, -0.1) is 0 Å². The number of rotatable bonds is 0. The van der Waals surface area contributed by atoms with Gasteiger partial charge in [-0.25, -0.2) is 0 Å². The number of nitrogens with two attached hydrogens (primary N) is 1. The number of carbonyl (C=O) groups excluding carboxylic acids is 1. The number of benzene rings is 3. The van der Waals surface area contributed by atoms with Crippen molar-refractivity contribution >= 4 is 27.5 Å². The van der Waals surface area contributed by atoms with E-state index in [1.807, 2.05) is 42.5 Å². The minimum absolute atomic E-state index is 0.614. The Morgan fingerprint density at radius 2 is 1.53 bits per heavy atom. The molecule has 0 aromatic heterocycles. The Morgan fingerprint density at radius 1 is 0.895 bits per heavy atom. The molecule has 0 fully saturated rings. The third-order valence-electron chi connectivity index (χ3n) is 3.09. The zero-order valence-corrected chi connectivity index (χ0v) is 10.2. The molecule has 0 aliphatic rings. The van der Waals surface area contributed by atoms with Crippen molar-refractivity contribution in [3.05, 3.63) is 60.2 Å². The van der Waals surface area contributed by atoms with Crippen LogP contribution in [0.3, 0.4) is 0 Å². The van der Waals surface area contributed by atoms with Gasteiger partial charge in [0.1, 0.15) is 0 Å². The van der Waals surface area contributed by atoms with E-state index in [2.05, 4.69) is 24.0 Å². The maximum Gasteiger partial charge on any atom is 0.293 e. The summed E-state index contributed by atoms with van der Waals surface area (Å²) in [4.78, 5) is 10.8. The van der Waals surface area contributed by atoms with Crippen LogP contribution in [0.25, 0.3) is 21.5 Å². The Morgan fingerprint density at radius 3 is 2.26 bits per heavy atom. The molecular weight excluding hydrogens is 234 g/mol. The summed E-state index contributed by atoms with van der Waals surface area (Å²) in [6.07, 6.45) is 0. The molecule has 19 heavy (non-hydrogen) atoms. The molecule has 2 heteroatoms. The van der Waals surface area contributed by atoms with Crippen molar-refractivity contribution in [3.8, 4) is 11.8 Å². The van der Waals surface area contributed by atoms with Crippen LogP contribution in [-0.4, -0.2) is 5.91 Å². The number of amides is 1. The predicted molar refractivity (Wildman–Crippen MR) is 77.5 cm³/mol. The summed E-state index contributed by atoms with van der Waals surface area (Å²) in [5.74, 6) is 4.65. The van der Waals surface area contributed by atoms with Gasteiger partial charge >= 0.3 is 0 Å². The molecule has 0 spiro atoms. The van der Waals surface area contributed by atoms with Gasteiger partial charge in [0, 0.05) is 11.5 Å². The molecule has 90 valence electrons. The highest BCUT2D eigenvalue weighted by molar-refractivity contribution is 6.10. The number of hydrogen-bond acceptors (Lipinski definition) is 1. The Labute approximate surface area is 110 Å². The van der Waals surface area contributed by atoms with Crippen LogP contribution in [0.4, 0.5) is 0 Å². The van der Waals surface area contributed by atoms with Gasteiger partial charge in [-0.1, -0.05) is 54.5 Å². The van der Waals surface area contributed by atoms with Crippen molar-refractivity contribution < 1.29 is 4.79 Å². The molecule has 0 bridgehead atoms. The van der Waals surface area contributed by atoms with E-state index >= 15 is 0 Å². The van der Waals surface area contributed by atoms with Crippen molar-refractivity contribution in [2.45, 2.75) is 0 Å². The van der Waals surface area contributed by atoms with Crippen LogP contribution in [0.1, 0.15) is 5.56 Å². The normalized spacial score (nSPS) is 10.1. The second kappa shape index (κ2) is 4.47. The van der Waals surface area contributed by atoms with Crippen LogP contribution < -0.4 is 5.73 Å². The van der Waals surface area contributed by atoms with Gasteiger partial charge in [-0.2, -0.15) is 0 Å². The third-order valence-corrected chi connectivity index (χ3v) is 3.09. The molecular formula is C17H11NO. The Balaban J connectivity index is 2.43. The Hall–Kier alpha value is -2.79. The fraction of sp³-hybridized carbons (Fsp3) is 0. The lowest BCUT2D eigenvalue weighted by atomic mass is 9.97. The quantitative estimate of drug-likeness (QED) is 0.480. The fourth-order valence-corrected chi connectivity index (χ4v) is 2.29. The van der Waals surface area contributed by atoms with Crippen molar-refractivity contribution in [2.24, 2.45) is 5.73 Å². The van der Waals surface area contributed by atoms with E-state index < -0.39 is 5.91 Å². The minimum Gasteiger partial charge on any atom is -0.359 e. The first kappa shape index (κ1) is 11.3. The van der Waals surface area contributed by atoms with E-state index in [9.17, 15) is 4.79 Å². The van der Waals surface area contributed by atoms with Gasteiger partial charge in [-0.05, 0) is 27.6 Å². The summed E-state index contributed by atoms with van der Waals surface area (Å²) in [6.45, 7) is 0. The van der Waals surface area contributed by atoms with Gasteiger partial charge < -0.3 is 5.73 Å². The topological polar surface area (TPSA) is 43.1 Å². The van der Waals surface area contributed by atoms with Gasteiger partial charge in [0.05, 0.1) is 0 Å². The zero-order chi connectivity index (χ0) is 13.2. The van der Waals surface area contributed by atoms with Crippen LogP contribution >= 0.6 is 0 Å². The summed E-state index contributed by atoms with van der Waals surface area (Å²) < 4.78 is 0. The molecule has 3 aromatic rings. The molecule has 3 rings (SSSR count). The van der Waals surface area contributed by atoms with Gasteiger partial charge in [0.25, 0.3) is 5.91 Å². The van der Waals surface area contributed by atoms with E-state index in [4.69, 9.17) is 5.73 Å². The molecule has 0 saturated carbocycles. The summed E-state index contributed by atoms with van der Waals surface area (Å²) >= 11 is 0. The smallest absolute Gasteiger partial charge is 0.293 e. The average molecular weight is 245 g/mol. The lowest BCUT2D eigenvalue weighted by molar-refractivity contribution is -0.112. The molecule has 0 atom stereocenters. The van der Waals surface area contributed by atoms with Gasteiger partial charge in [0.15, 0.2) is 0 Å². The molecule has 3 aromatic carbocycles. The second-order valence-corrected chi connectivity index (χ2v) is 4.31. The monoisotopic (exact) mass is 245 g/mol. The van der Waals surface area contributed by atoms with Gasteiger partial charge in [0.2, 0.25) is 0 Å². The van der Waals surface area contributed by atoms with Gasteiger partial charge in [-0.3, -0.25) is 4.79 Å². The lowest BCUT2D eigenvalue weighted by Crippen LogP contribution is -2.06. The fourth-order valence-electron chi connectivity index (χ4n) is 2.29. The van der Waals surface area contributed by atoms with Crippen LogP contribution in [0.15, 0.2) is 54.6 Å². The third kappa shape index (κ3) is 2.02. The predicted octanol–water partition coefficient (Wildman–Crippen LogP) is 2.83. The van der Waals surface area contributed by atoms with Crippen LogP contribution in [0.5, 0.6) is 0 Å². The second-order valence-electron chi connectivity index (χ2n) is 4.31. The van der Waals surface area contributed by atoms with E-state index in [1.54, 1.807) is 0 Å². The number of carbonyl (C=O) groups is 1. The van der Waals surface area contributed by atoms with Crippen molar-refractivity contribution in [1.82, 2.24) is 0 Å². The molecule has 1 amide bonds. The molecule has 0 heterocycles. The van der Waals surface area contributed by atoms with E-state index in [1.165, 1.54) is 5.39 Å². The molecule has 0 aliphatic carbocycles. The average Bonchev–Trinajstić information content (AvgIpc) is 2.44. The summed E-state index contributed by atoms with van der Waals surface area (Å²) in [5.41, 5.74) is 5.91. The summed E-state index contributed by atoms with van der Waals surface area (Å²) in [6, 6.07) is 18.2. The highest BCUT2D eigenvalue weighted by atomic mass is 16.1. The molecule has 0 radical (unpaired) electrons. The first-order valence-corrected chi connectivity index (χ1v) is 5.97. The van der Waals surface area contributed by atoms with Crippen molar-refractivity contribution in [3.63, 3.8) is 0 Å². The standard InChI is InChI=1S/C17H11NO/c18-17(19)10-9-13-11-12-5-1-2-6-14(12)16-8-4-3-7-15(13)16/h1-8,11H,(H2,18,19). The maximum atomic E-state index is 10.8. The highest BCUT2D eigenvalue weighted by Gasteiger charge is 2.04. The Kier molecular flexibility index (Phi) is 2.66. The van der Waals surface area contributed by atoms with Crippen molar-refractivity contribution in [2.75, 3.05) is 0 Å². The van der Waals surface area contributed by atoms with Crippen LogP contribution in [0, 0.1) is 11.8 Å². The summed E-state index contributed by atoms with van der Waals surface area (Å²) in [5, 5.41) is 4.46. The summed E-state index contributed by atoms with van der Waals surface area (Å²) in [7, 11) is 0. The molecule has 2 nitrogen and oxygen atoms in total. The largest absolute Gasteiger partial charge is 0.359 e. The lowest BCUT2D eigenvalue weighted by Gasteiger charge is -2.06. The molecule has 0 saturated heterocycles. The number of hydrogen-bond donors (Lipinski definition) is 1. The maximum absolute atomic E-state index is 10.8. The first-order chi connectivity index (χ1) is 9.25. The van der Waals surface area contributed by atoms with E-state index in [0.717, 1.165) is 21.7 Å². The van der Waals surface area contributed by atoms with E-state index in [-0.39, 0.29) is 0 Å². The minimum atomic E-state index is -0.614. The Bertz CT molecular complexity index is 853. The van der Waals surface area contributed by atoms with Crippen molar-refractivity contribution in [1.29, 1.82) is 0 Å². The first-order valence-electron chi connectivity index (χ1n) is 5.97. The zero-order valence-electron chi connectivity index (χ0n) is 10.2. The van der Waals surface area contributed by atoms with Crippen LogP contribution in [-0.2, 0) is 4.79 Å². The number of primary amides is 1. The van der Waals surface area contributed by atoms with Crippen LogP contribution in [0.2, 0.25) is 0 Å². The molecule has 0 aliphatic heterocycles. The number of fused-ring (bicyclic) bond motifs is 3. The SMILES string of the molecule is NC(=O)C#Cc1cc2ccccc2c2ccccc12. The van der Waals surface area contributed by atoms with E-state index in [0.29, 0.717) is 0 Å². The molecule has 0 unspecified atom stereocenters.